The van der Waals surface area contributed by atoms with Crippen LogP contribution in [-0.4, -0.2) is 90.2 Å². The third-order valence-corrected chi connectivity index (χ3v) is 9.02. The molecule has 0 saturated carbocycles. The Labute approximate surface area is 258 Å². The van der Waals surface area contributed by atoms with Crippen LogP contribution in [0, 0.1) is 5.92 Å². The van der Waals surface area contributed by atoms with Crippen molar-refractivity contribution in [1.82, 2.24) is 24.2 Å². The maximum absolute atomic E-state index is 13.2. The molecule has 0 unspecified atom stereocenters. The minimum absolute atomic E-state index is 0.0522. The van der Waals surface area contributed by atoms with E-state index in [1.54, 1.807) is 18.2 Å². The number of amides is 3. The van der Waals surface area contributed by atoms with Crippen molar-refractivity contribution >= 4 is 38.8 Å². The number of hydrogen-bond donors (Lipinski definition) is 4. The number of aliphatic hydroxyl groups excluding tert-OH is 1. The number of primary amides is 1. The van der Waals surface area contributed by atoms with Crippen molar-refractivity contribution < 1.29 is 27.9 Å². The molecule has 3 amide bonds. The molecule has 1 heterocycles. The number of aliphatic hydroxyl groups is 1. The van der Waals surface area contributed by atoms with Crippen LogP contribution in [-0.2, 0) is 26.2 Å². The van der Waals surface area contributed by atoms with Crippen LogP contribution in [0.3, 0.4) is 0 Å². The Bertz CT molecular complexity index is 1530. The molecule has 13 heteroatoms. The van der Waals surface area contributed by atoms with Gasteiger partial charge in [-0.2, -0.15) is 17.0 Å². The van der Waals surface area contributed by atoms with Crippen LogP contribution in [0.4, 0.5) is 0 Å². The number of nitrogens with zero attached hydrogens (tertiary/aromatic N) is 3. The molecule has 12 nitrogen and oxygen atoms in total. The number of nitrogens with one attached hydrogen (secondary N) is 2. The second-order valence-electron chi connectivity index (χ2n) is 11.3. The largest absolute Gasteiger partial charge is 0.390 e. The summed E-state index contributed by atoms with van der Waals surface area (Å²) < 4.78 is 28.4. The number of hydrogen-bond acceptors (Lipinski definition) is 7. The molecule has 5 N–H and O–H groups in total. The van der Waals surface area contributed by atoms with Gasteiger partial charge in [0.05, 0.1) is 24.1 Å². The zero-order valence-electron chi connectivity index (χ0n) is 25.5. The molecular weight excluding hydrogens is 584 g/mol. The molecule has 2 aromatic carbocycles. The van der Waals surface area contributed by atoms with E-state index in [1.807, 2.05) is 56.3 Å². The van der Waals surface area contributed by atoms with Gasteiger partial charge in [0.1, 0.15) is 11.7 Å². The topological polar surface area (TPSA) is 175 Å². The molecule has 0 fully saturated rings. The summed E-state index contributed by atoms with van der Waals surface area (Å²) in [4.78, 5) is 42.7. The lowest BCUT2D eigenvalue weighted by Crippen LogP contribution is -2.54. The Kier molecular flexibility index (Phi) is 12.3. The van der Waals surface area contributed by atoms with E-state index in [1.165, 1.54) is 24.5 Å². The van der Waals surface area contributed by atoms with Gasteiger partial charge in [0.25, 0.3) is 16.1 Å². The monoisotopic (exact) mass is 626 g/mol. The first-order chi connectivity index (χ1) is 20.8. The summed E-state index contributed by atoms with van der Waals surface area (Å²) in [5.41, 5.74) is 6.97. The zero-order chi connectivity index (χ0) is 32.4. The van der Waals surface area contributed by atoms with Crippen molar-refractivity contribution in [2.75, 3.05) is 27.2 Å². The molecule has 0 spiro atoms. The summed E-state index contributed by atoms with van der Waals surface area (Å²) in [7, 11) is -1.04. The molecule has 1 aromatic heterocycles. The fourth-order valence-electron chi connectivity index (χ4n) is 4.52. The fourth-order valence-corrected chi connectivity index (χ4v) is 5.66. The number of carbonyl (C=O) groups is 3. The van der Waals surface area contributed by atoms with Crippen LogP contribution in [0.15, 0.2) is 66.7 Å². The average Bonchev–Trinajstić information content (AvgIpc) is 2.98. The highest BCUT2D eigenvalue weighted by Gasteiger charge is 2.32. The SMILES string of the molecule is CC(C)CCN(C[C@@H](O)[C@H](Cc1ccccc1)NC(=O)C[C@H](NC(=O)c1ccc2ccccc2n1)C(N)=O)S(=O)(=O)N(C)C. The van der Waals surface area contributed by atoms with E-state index >= 15 is 0 Å². The van der Waals surface area contributed by atoms with Gasteiger partial charge in [0.15, 0.2) is 0 Å². The number of nitrogens with two attached hydrogens (primary N) is 1. The van der Waals surface area contributed by atoms with Gasteiger partial charge in [0.2, 0.25) is 11.8 Å². The quantitative estimate of drug-likeness (QED) is 0.186. The van der Waals surface area contributed by atoms with Crippen LogP contribution in [0.1, 0.15) is 42.7 Å². The summed E-state index contributed by atoms with van der Waals surface area (Å²) in [6.07, 6.45) is -1.05. The first kappa shape index (κ1) is 34.6. The average molecular weight is 627 g/mol. The summed E-state index contributed by atoms with van der Waals surface area (Å²) in [5, 5.41) is 17.4. The highest BCUT2D eigenvalue weighted by molar-refractivity contribution is 7.86. The molecule has 3 aromatic rings. The van der Waals surface area contributed by atoms with Crippen molar-refractivity contribution in [3.8, 4) is 0 Å². The predicted octanol–water partition coefficient (Wildman–Crippen LogP) is 1.45. The minimum Gasteiger partial charge on any atom is -0.390 e. The maximum Gasteiger partial charge on any atom is 0.281 e. The van der Waals surface area contributed by atoms with Crippen molar-refractivity contribution in [1.29, 1.82) is 0 Å². The molecule has 44 heavy (non-hydrogen) atoms. The third kappa shape index (κ3) is 9.81. The number of para-hydroxylation sites is 1. The van der Waals surface area contributed by atoms with Gasteiger partial charge in [-0.15, -0.1) is 0 Å². The van der Waals surface area contributed by atoms with Crippen molar-refractivity contribution in [3.63, 3.8) is 0 Å². The van der Waals surface area contributed by atoms with Gasteiger partial charge in [-0.1, -0.05) is 68.4 Å². The Morgan fingerprint density at radius 2 is 1.61 bits per heavy atom. The van der Waals surface area contributed by atoms with E-state index < -0.39 is 52.5 Å². The number of aromatic nitrogens is 1. The van der Waals surface area contributed by atoms with E-state index in [4.69, 9.17) is 5.73 Å². The lowest BCUT2D eigenvalue weighted by molar-refractivity contribution is -0.127. The molecule has 0 saturated heterocycles. The number of carbonyl (C=O) groups excluding carboxylic acids is 3. The Balaban J connectivity index is 1.77. The molecule has 0 aliphatic carbocycles. The van der Waals surface area contributed by atoms with Gasteiger partial charge >= 0.3 is 0 Å². The Morgan fingerprint density at radius 3 is 2.25 bits per heavy atom. The zero-order valence-corrected chi connectivity index (χ0v) is 26.3. The minimum atomic E-state index is -3.87. The number of pyridine rings is 1. The van der Waals surface area contributed by atoms with Gasteiger partial charge < -0.3 is 21.5 Å². The van der Waals surface area contributed by atoms with E-state index in [9.17, 15) is 27.9 Å². The summed E-state index contributed by atoms with van der Waals surface area (Å²) in [6.45, 7) is 3.85. The van der Waals surface area contributed by atoms with Gasteiger partial charge in [-0.3, -0.25) is 14.4 Å². The van der Waals surface area contributed by atoms with E-state index in [2.05, 4.69) is 15.6 Å². The summed E-state index contributed by atoms with van der Waals surface area (Å²) in [6, 6.07) is 17.3. The van der Waals surface area contributed by atoms with E-state index in [0.29, 0.717) is 11.9 Å². The Morgan fingerprint density at radius 1 is 0.955 bits per heavy atom. The molecule has 238 valence electrons. The highest BCUT2D eigenvalue weighted by atomic mass is 32.2. The molecule has 0 radical (unpaired) electrons. The van der Waals surface area contributed by atoms with Crippen molar-refractivity contribution in [2.45, 2.75) is 51.3 Å². The van der Waals surface area contributed by atoms with E-state index in [-0.39, 0.29) is 31.1 Å². The van der Waals surface area contributed by atoms with Gasteiger partial charge in [0, 0.05) is 32.6 Å². The predicted molar refractivity (Wildman–Crippen MR) is 169 cm³/mol. The maximum atomic E-state index is 13.2. The molecular formula is C31H42N6O6S. The van der Waals surface area contributed by atoms with Crippen LogP contribution in [0.2, 0.25) is 0 Å². The standard InChI is InChI=1S/C31H42N6O6S/c1-21(2)16-17-37(44(42,43)36(3)4)20-28(38)26(18-22-10-6-5-7-11-22)34-29(39)19-27(30(32)40)35-31(41)25-15-14-23-12-8-9-13-24(23)33-25/h5-15,21,26-28,38H,16-20H2,1-4H3,(H2,32,40)(H,34,39)(H,35,41)/t26-,27-,28+/m0/s1. The first-order valence-corrected chi connectivity index (χ1v) is 15.8. The van der Waals surface area contributed by atoms with Crippen LogP contribution in [0.25, 0.3) is 10.9 Å². The molecule has 0 bridgehead atoms. The smallest absolute Gasteiger partial charge is 0.281 e. The molecule has 3 rings (SSSR count). The number of rotatable bonds is 16. The lowest BCUT2D eigenvalue weighted by Gasteiger charge is -2.31. The normalized spacial score (nSPS) is 14.0. The first-order valence-electron chi connectivity index (χ1n) is 14.4. The second kappa shape index (κ2) is 15.7. The van der Waals surface area contributed by atoms with Gasteiger partial charge in [-0.25, -0.2) is 4.98 Å². The summed E-state index contributed by atoms with van der Waals surface area (Å²) in [5.74, 6) is -2.04. The summed E-state index contributed by atoms with van der Waals surface area (Å²) >= 11 is 0. The second-order valence-corrected chi connectivity index (χ2v) is 13.4. The van der Waals surface area contributed by atoms with Crippen LogP contribution < -0.4 is 16.4 Å². The van der Waals surface area contributed by atoms with Crippen LogP contribution in [0.5, 0.6) is 0 Å². The van der Waals surface area contributed by atoms with E-state index in [0.717, 1.165) is 15.3 Å². The van der Waals surface area contributed by atoms with Crippen molar-refractivity contribution in [2.24, 2.45) is 11.7 Å². The number of benzene rings is 2. The Hall–Kier alpha value is -3.91. The molecule has 0 aliphatic rings. The molecule has 3 atom stereocenters. The third-order valence-electron chi connectivity index (χ3n) is 7.11. The lowest BCUT2D eigenvalue weighted by atomic mass is 10.00. The van der Waals surface area contributed by atoms with Gasteiger partial charge in [-0.05, 0) is 36.5 Å². The van der Waals surface area contributed by atoms with Crippen molar-refractivity contribution in [3.05, 3.63) is 78.0 Å². The van der Waals surface area contributed by atoms with Crippen LogP contribution >= 0.6 is 0 Å². The molecule has 0 aliphatic heterocycles. The number of fused-ring (bicyclic) bond motifs is 1. The highest BCUT2D eigenvalue weighted by Crippen LogP contribution is 2.15. The fraction of sp³-hybridized carbons (Fsp3) is 0.419.